The van der Waals surface area contributed by atoms with Gasteiger partial charge >= 0.3 is 0 Å². The fraction of sp³-hybridized carbons (Fsp3) is 0.0541. The number of thiophene rings is 1. The van der Waals surface area contributed by atoms with Gasteiger partial charge in [0.25, 0.3) is 0 Å². The largest absolute Gasteiger partial charge is 0.325 e. The minimum Gasteiger partial charge on any atom is -0.325 e. The van der Waals surface area contributed by atoms with Crippen LogP contribution in [-0.4, -0.2) is 17.6 Å². The van der Waals surface area contributed by atoms with Gasteiger partial charge in [0.2, 0.25) is 11.8 Å². The zero-order valence-electron chi connectivity index (χ0n) is 23.7. The molecule has 0 fully saturated rings. The molecule has 0 bridgehead atoms. The molecular formula is C37H30N2O3S. The smallest absolute Gasteiger partial charge is 0.248 e. The van der Waals surface area contributed by atoms with Gasteiger partial charge in [-0.05, 0) is 60.0 Å². The highest BCUT2D eigenvalue weighted by Crippen LogP contribution is 2.29. The maximum Gasteiger partial charge on any atom is 0.248 e. The number of hydrogen-bond donors (Lipinski definition) is 2. The Kier molecular flexibility index (Phi) is 9.20. The molecule has 0 radical (unpaired) electrons. The maximum absolute atomic E-state index is 13.5. The molecule has 43 heavy (non-hydrogen) atoms. The summed E-state index contributed by atoms with van der Waals surface area (Å²) in [6.45, 7) is 5.78. The van der Waals surface area contributed by atoms with E-state index in [1.807, 2.05) is 79.7 Å². The zero-order valence-corrected chi connectivity index (χ0v) is 24.5. The Morgan fingerprint density at radius 1 is 0.814 bits per heavy atom. The molecule has 0 spiro atoms. The number of hydrogen-bond acceptors (Lipinski definition) is 4. The average molecular weight is 583 g/mol. The third-order valence-corrected chi connectivity index (χ3v) is 7.88. The van der Waals surface area contributed by atoms with Gasteiger partial charge in [-0.15, -0.1) is 11.3 Å². The van der Waals surface area contributed by atoms with Gasteiger partial charge in [-0.25, -0.2) is 0 Å². The first-order valence-corrected chi connectivity index (χ1v) is 14.6. The fourth-order valence-corrected chi connectivity index (χ4v) is 5.39. The SMILES string of the molecule is C=Cc1ccc(-c2ccc(/C=C/C(=O)Nc3ccc(NC(=O)Cc4ccc(C)cc4)c(C(=O)c4ccccc4)c3)s2)cc1. The number of benzene rings is 4. The first kappa shape index (κ1) is 29.2. The molecule has 6 heteroatoms. The Balaban J connectivity index is 1.31. The van der Waals surface area contributed by atoms with Crippen LogP contribution in [-0.2, 0) is 16.0 Å². The van der Waals surface area contributed by atoms with E-state index in [1.54, 1.807) is 59.9 Å². The number of carbonyl (C=O) groups excluding carboxylic acids is 3. The minimum absolute atomic E-state index is 0.174. The normalized spacial score (nSPS) is 10.8. The summed E-state index contributed by atoms with van der Waals surface area (Å²) in [4.78, 5) is 41.2. The molecular weight excluding hydrogens is 552 g/mol. The highest BCUT2D eigenvalue weighted by Gasteiger charge is 2.17. The molecule has 4 aromatic carbocycles. The van der Waals surface area contributed by atoms with Crippen LogP contribution >= 0.6 is 11.3 Å². The third-order valence-electron chi connectivity index (χ3n) is 6.78. The minimum atomic E-state index is -0.334. The monoisotopic (exact) mass is 582 g/mol. The van der Waals surface area contributed by atoms with E-state index in [-0.39, 0.29) is 29.6 Å². The number of nitrogens with one attached hydrogen (secondary N) is 2. The fourth-order valence-electron chi connectivity index (χ4n) is 4.47. The van der Waals surface area contributed by atoms with Gasteiger partial charge < -0.3 is 10.6 Å². The van der Waals surface area contributed by atoms with E-state index in [9.17, 15) is 14.4 Å². The van der Waals surface area contributed by atoms with Gasteiger partial charge in [-0.3, -0.25) is 14.4 Å². The van der Waals surface area contributed by atoms with Crippen molar-refractivity contribution >= 4 is 52.5 Å². The Morgan fingerprint density at radius 2 is 1.56 bits per heavy atom. The molecule has 0 aliphatic rings. The molecule has 5 nitrogen and oxygen atoms in total. The lowest BCUT2D eigenvalue weighted by Crippen LogP contribution is -2.18. The van der Waals surface area contributed by atoms with Crippen molar-refractivity contribution in [1.29, 1.82) is 0 Å². The Morgan fingerprint density at radius 3 is 2.28 bits per heavy atom. The predicted molar refractivity (Wildman–Crippen MR) is 177 cm³/mol. The predicted octanol–water partition coefficient (Wildman–Crippen LogP) is 8.43. The Labute approximate surface area is 255 Å². The number of anilines is 2. The molecule has 0 aliphatic carbocycles. The molecule has 5 rings (SSSR count). The molecule has 212 valence electrons. The lowest BCUT2D eigenvalue weighted by molar-refractivity contribution is -0.115. The molecule has 5 aromatic rings. The van der Waals surface area contributed by atoms with Crippen LogP contribution < -0.4 is 10.6 Å². The van der Waals surface area contributed by atoms with Crippen LogP contribution in [0.15, 0.2) is 122 Å². The van der Waals surface area contributed by atoms with Crippen molar-refractivity contribution in [2.45, 2.75) is 13.3 Å². The van der Waals surface area contributed by atoms with E-state index in [1.165, 1.54) is 6.08 Å². The molecule has 1 heterocycles. The van der Waals surface area contributed by atoms with E-state index in [0.29, 0.717) is 16.9 Å². The third kappa shape index (κ3) is 7.70. The lowest BCUT2D eigenvalue weighted by Gasteiger charge is -2.13. The maximum atomic E-state index is 13.5. The molecule has 0 saturated heterocycles. The van der Waals surface area contributed by atoms with E-state index in [0.717, 1.165) is 32.0 Å². The van der Waals surface area contributed by atoms with Gasteiger partial charge in [0.05, 0.1) is 12.1 Å². The summed E-state index contributed by atoms with van der Waals surface area (Å²) in [6.07, 6.45) is 5.21. The van der Waals surface area contributed by atoms with E-state index in [2.05, 4.69) is 17.2 Å². The molecule has 0 unspecified atom stereocenters. The molecule has 2 N–H and O–H groups in total. The van der Waals surface area contributed by atoms with Crippen LogP contribution in [0.4, 0.5) is 11.4 Å². The standard InChI is InChI=1S/C37H30N2O3S/c1-3-26-13-15-28(16-14-26)34-21-18-31(43-34)19-22-35(40)38-30-17-20-33(32(24-30)37(42)29-7-5-4-6-8-29)39-36(41)23-27-11-9-25(2)10-12-27/h3-22,24H,1,23H2,2H3,(H,38,40)(H,39,41)/b22-19+. The lowest BCUT2D eigenvalue weighted by atomic mass is 10.0. The summed E-state index contributed by atoms with van der Waals surface area (Å²) in [6, 6.07) is 33.6. The molecule has 0 aliphatic heterocycles. The summed E-state index contributed by atoms with van der Waals surface area (Å²) in [5.74, 6) is -0.831. The van der Waals surface area contributed by atoms with Crippen molar-refractivity contribution in [3.8, 4) is 10.4 Å². The first-order valence-electron chi connectivity index (χ1n) is 13.8. The van der Waals surface area contributed by atoms with Crippen LogP contribution in [0, 0.1) is 6.92 Å². The number of amides is 2. The van der Waals surface area contributed by atoms with Crippen molar-refractivity contribution in [2.75, 3.05) is 10.6 Å². The molecule has 1 aromatic heterocycles. The van der Waals surface area contributed by atoms with Gasteiger partial charge in [0.15, 0.2) is 5.78 Å². The topological polar surface area (TPSA) is 75.3 Å². The van der Waals surface area contributed by atoms with Gasteiger partial charge in [-0.1, -0.05) is 97.1 Å². The summed E-state index contributed by atoms with van der Waals surface area (Å²) in [5, 5.41) is 5.72. The van der Waals surface area contributed by atoms with Gasteiger partial charge in [0, 0.05) is 32.6 Å². The summed E-state index contributed by atoms with van der Waals surface area (Å²) >= 11 is 1.58. The van der Waals surface area contributed by atoms with Crippen molar-refractivity contribution in [2.24, 2.45) is 0 Å². The Hall–Kier alpha value is -5.33. The van der Waals surface area contributed by atoms with Gasteiger partial charge in [-0.2, -0.15) is 0 Å². The number of rotatable bonds is 10. The highest BCUT2D eigenvalue weighted by molar-refractivity contribution is 7.16. The number of ketones is 1. The molecule has 0 saturated carbocycles. The van der Waals surface area contributed by atoms with Crippen LogP contribution in [0.2, 0.25) is 0 Å². The quantitative estimate of drug-likeness (QED) is 0.128. The van der Waals surface area contributed by atoms with E-state index in [4.69, 9.17) is 0 Å². The number of aryl methyl sites for hydroxylation is 1. The van der Waals surface area contributed by atoms with Gasteiger partial charge in [0.1, 0.15) is 0 Å². The van der Waals surface area contributed by atoms with Crippen molar-refractivity contribution in [3.05, 3.63) is 155 Å². The second-order valence-corrected chi connectivity index (χ2v) is 11.1. The van der Waals surface area contributed by atoms with E-state index < -0.39 is 0 Å². The summed E-state index contributed by atoms with van der Waals surface area (Å²) in [7, 11) is 0. The second kappa shape index (κ2) is 13.6. The van der Waals surface area contributed by atoms with Crippen LogP contribution in [0.25, 0.3) is 22.6 Å². The number of carbonyl (C=O) groups is 3. The van der Waals surface area contributed by atoms with Crippen molar-refractivity contribution < 1.29 is 14.4 Å². The van der Waals surface area contributed by atoms with Crippen LogP contribution in [0.5, 0.6) is 0 Å². The average Bonchev–Trinajstić information content (AvgIpc) is 3.51. The van der Waals surface area contributed by atoms with Crippen molar-refractivity contribution in [1.82, 2.24) is 0 Å². The molecule has 0 atom stereocenters. The zero-order chi connectivity index (χ0) is 30.2. The second-order valence-electron chi connectivity index (χ2n) is 10.0. The summed E-state index contributed by atoms with van der Waals surface area (Å²) in [5.41, 5.74) is 5.74. The van der Waals surface area contributed by atoms with Crippen LogP contribution in [0.3, 0.4) is 0 Å². The van der Waals surface area contributed by atoms with Crippen molar-refractivity contribution in [3.63, 3.8) is 0 Å². The van der Waals surface area contributed by atoms with E-state index >= 15 is 0 Å². The molecule has 2 amide bonds. The highest BCUT2D eigenvalue weighted by atomic mass is 32.1. The Bertz CT molecular complexity index is 1800. The van der Waals surface area contributed by atoms with Crippen LogP contribution in [0.1, 0.15) is 37.5 Å². The first-order chi connectivity index (χ1) is 20.9. The summed E-state index contributed by atoms with van der Waals surface area (Å²) < 4.78 is 0.